The Balaban J connectivity index is 2.92. The fourth-order valence-corrected chi connectivity index (χ4v) is 1.36. The standard InChI is InChI=1S/C11H14N4O3/c1-7(6-17-2)15-9-3-10(18-11(13)16)14-5-8(9)4-12/h3,5,7H,6H2,1-2H3,(H2,13,16)(H,14,15)/t7-/m1/s1. The minimum Gasteiger partial charge on any atom is -0.391 e. The first-order chi connectivity index (χ1) is 8.56. The molecule has 1 heterocycles. The molecule has 0 aliphatic rings. The third-order valence-corrected chi connectivity index (χ3v) is 2.02. The maximum absolute atomic E-state index is 10.6. The number of anilines is 1. The van der Waals surface area contributed by atoms with Gasteiger partial charge in [0.05, 0.1) is 24.1 Å². The Kier molecular flexibility index (Phi) is 4.90. The number of rotatable bonds is 5. The van der Waals surface area contributed by atoms with Crippen molar-refractivity contribution in [2.75, 3.05) is 19.0 Å². The lowest BCUT2D eigenvalue weighted by molar-refractivity contribution is 0.190. The van der Waals surface area contributed by atoms with Gasteiger partial charge in [-0.1, -0.05) is 0 Å². The van der Waals surface area contributed by atoms with Gasteiger partial charge in [-0.05, 0) is 6.92 Å². The first-order valence-electron chi connectivity index (χ1n) is 5.19. The number of pyridine rings is 1. The second-order valence-electron chi connectivity index (χ2n) is 3.60. The van der Waals surface area contributed by atoms with Crippen molar-refractivity contribution in [3.05, 3.63) is 17.8 Å². The van der Waals surface area contributed by atoms with Gasteiger partial charge in [-0.15, -0.1) is 0 Å². The topological polar surface area (TPSA) is 110 Å². The minimum absolute atomic E-state index is 0.00840. The van der Waals surface area contributed by atoms with Gasteiger partial charge in [0.25, 0.3) is 0 Å². The van der Waals surface area contributed by atoms with E-state index in [0.29, 0.717) is 17.9 Å². The molecule has 0 aromatic carbocycles. The average molecular weight is 250 g/mol. The summed E-state index contributed by atoms with van der Waals surface area (Å²) in [5.41, 5.74) is 5.74. The molecule has 18 heavy (non-hydrogen) atoms. The average Bonchev–Trinajstić information content (AvgIpc) is 2.28. The summed E-state index contributed by atoms with van der Waals surface area (Å²) in [7, 11) is 1.58. The summed E-state index contributed by atoms with van der Waals surface area (Å²) >= 11 is 0. The predicted octanol–water partition coefficient (Wildman–Crippen LogP) is 0.858. The monoisotopic (exact) mass is 250 g/mol. The summed E-state index contributed by atoms with van der Waals surface area (Å²) in [6.45, 7) is 2.36. The summed E-state index contributed by atoms with van der Waals surface area (Å²) in [4.78, 5) is 14.4. The van der Waals surface area contributed by atoms with Crippen LogP contribution in [0.1, 0.15) is 12.5 Å². The number of hydrogen-bond acceptors (Lipinski definition) is 6. The largest absolute Gasteiger partial charge is 0.411 e. The van der Waals surface area contributed by atoms with E-state index in [1.807, 2.05) is 13.0 Å². The number of nitrogens with zero attached hydrogens (tertiary/aromatic N) is 2. The zero-order chi connectivity index (χ0) is 13.5. The van der Waals surface area contributed by atoms with E-state index in [1.165, 1.54) is 12.3 Å². The summed E-state index contributed by atoms with van der Waals surface area (Å²) < 4.78 is 9.62. The van der Waals surface area contributed by atoms with Gasteiger partial charge in [0, 0.05) is 19.2 Å². The number of primary amides is 1. The summed E-state index contributed by atoms with van der Waals surface area (Å²) in [6.07, 6.45) is 0.350. The highest BCUT2D eigenvalue weighted by Crippen LogP contribution is 2.20. The molecule has 0 bridgehead atoms. The molecule has 0 spiro atoms. The Labute approximate surface area is 105 Å². The van der Waals surface area contributed by atoms with Gasteiger partial charge in [0.1, 0.15) is 6.07 Å². The van der Waals surface area contributed by atoms with Gasteiger partial charge >= 0.3 is 6.09 Å². The number of nitriles is 1. The molecular weight excluding hydrogens is 236 g/mol. The van der Waals surface area contributed by atoms with Crippen molar-refractivity contribution >= 4 is 11.8 Å². The van der Waals surface area contributed by atoms with E-state index in [-0.39, 0.29) is 11.9 Å². The quantitative estimate of drug-likeness (QED) is 0.801. The molecule has 1 atom stereocenters. The van der Waals surface area contributed by atoms with Crippen LogP contribution in [0.4, 0.5) is 10.5 Å². The van der Waals surface area contributed by atoms with Crippen molar-refractivity contribution < 1.29 is 14.3 Å². The van der Waals surface area contributed by atoms with Gasteiger partial charge < -0.3 is 20.5 Å². The third-order valence-electron chi connectivity index (χ3n) is 2.02. The molecule has 0 saturated carbocycles. The van der Waals surface area contributed by atoms with Crippen molar-refractivity contribution in [1.29, 1.82) is 5.26 Å². The van der Waals surface area contributed by atoms with Crippen LogP contribution in [0.15, 0.2) is 12.3 Å². The first-order valence-corrected chi connectivity index (χ1v) is 5.19. The fourth-order valence-electron chi connectivity index (χ4n) is 1.36. The zero-order valence-electron chi connectivity index (χ0n) is 10.1. The maximum atomic E-state index is 10.6. The van der Waals surface area contributed by atoms with Gasteiger partial charge in [-0.2, -0.15) is 5.26 Å². The lowest BCUT2D eigenvalue weighted by Crippen LogP contribution is -2.22. The van der Waals surface area contributed by atoms with E-state index < -0.39 is 6.09 Å². The maximum Gasteiger partial charge on any atom is 0.411 e. The molecule has 0 aliphatic carbocycles. The molecule has 0 fully saturated rings. The number of nitrogens with two attached hydrogens (primary N) is 1. The molecule has 1 aromatic rings. The van der Waals surface area contributed by atoms with E-state index in [2.05, 4.69) is 15.0 Å². The number of ether oxygens (including phenoxy) is 2. The van der Waals surface area contributed by atoms with Crippen LogP contribution in [0.2, 0.25) is 0 Å². The molecule has 0 radical (unpaired) electrons. The van der Waals surface area contributed by atoms with Gasteiger partial charge in [0.2, 0.25) is 5.88 Å². The van der Waals surface area contributed by atoms with Crippen molar-refractivity contribution in [2.24, 2.45) is 5.73 Å². The zero-order valence-corrected chi connectivity index (χ0v) is 10.1. The molecule has 7 nitrogen and oxygen atoms in total. The lowest BCUT2D eigenvalue weighted by atomic mass is 10.2. The molecule has 1 amide bonds. The number of carbonyl (C=O) groups excluding carboxylic acids is 1. The van der Waals surface area contributed by atoms with Crippen LogP contribution in [-0.2, 0) is 4.74 Å². The number of hydrogen-bond donors (Lipinski definition) is 2. The van der Waals surface area contributed by atoms with Crippen LogP contribution >= 0.6 is 0 Å². The van der Waals surface area contributed by atoms with Crippen molar-refractivity contribution in [3.63, 3.8) is 0 Å². The molecule has 3 N–H and O–H groups in total. The summed E-state index contributed by atoms with van der Waals surface area (Å²) in [5, 5.41) is 12.0. The molecule has 7 heteroatoms. The Morgan fingerprint density at radius 3 is 3.00 bits per heavy atom. The van der Waals surface area contributed by atoms with E-state index in [1.54, 1.807) is 7.11 Å². The predicted molar refractivity (Wildman–Crippen MR) is 64.1 cm³/mol. The van der Waals surface area contributed by atoms with Crippen LogP contribution in [0, 0.1) is 11.3 Å². The van der Waals surface area contributed by atoms with Crippen LogP contribution in [0.3, 0.4) is 0 Å². The van der Waals surface area contributed by atoms with E-state index in [0.717, 1.165) is 0 Å². The number of nitrogens with one attached hydrogen (secondary N) is 1. The lowest BCUT2D eigenvalue weighted by Gasteiger charge is -2.15. The highest BCUT2D eigenvalue weighted by atomic mass is 16.6. The number of aromatic nitrogens is 1. The van der Waals surface area contributed by atoms with Crippen molar-refractivity contribution in [3.8, 4) is 11.9 Å². The molecule has 0 aliphatic heterocycles. The normalized spacial score (nSPS) is 11.4. The van der Waals surface area contributed by atoms with E-state index >= 15 is 0 Å². The van der Waals surface area contributed by atoms with Gasteiger partial charge in [-0.25, -0.2) is 9.78 Å². The Bertz CT molecular complexity index is 470. The Morgan fingerprint density at radius 1 is 1.72 bits per heavy atom. The molecule has 1 aromatic heterocycles. The van der Waals surface area contributed by atoms with Crippen LogP contribution in [0.25, 0.3) is 0 Å². The molecule has 96 valence electrons. The second-order valence-corrected chi connectivity index (χ2v) is 3.60. The van der Waals surface area contributed by atoms with Crippen LogP contribution < -0.4 is 15.8 Å². The van der Waals surface area contributed by atoms with Gasteiger partial charge in [-0.3, -0.25) is 0 Å². The molecule has 0 saturated heterocycles. The van der Waals surface area contributed by atoms with Crippen LogP contribution in [-0.4, -0.2) is 30.8 Å². The van der Waals surface area contributed by atoms with E-state index in [4.69, 9.17) is 15.7 Å². The molecular formula is C11H14N4O3. The third kappa shape index (κ3) is 3.92. The SMILES string of the molecule is COC[C@@H](C)Nc1cc(OC(N)=O)ncc1C#N. The number of amides is 1. The fraction of sp³-hybridized carbons (Fsp3) is 0.364. The van der Waals surface area contributed by atoms with Crippen molar-refractivity contribution in [1.82, 2.24) is 4.98 Å². The summed E-state index contributed by atoms with van der Waals surface area (Å²) in [5.74, 6) is 0.0358. The summed E-state index contributed by atoms with van der Waals surface area (Å²) in [6, 6.07) is 3.42. The second kappa shape index (κ2) is 6.42. The van der Waals surface area contributed by atoms with Crippen LogP contribution in [0.5, 0.6) is 5.88 Å². The molecule has 0 unspecified atom stereocenters. The number of methoxy groups -OCH3 is 1. The van der Waals surface area contributed by atoms with Gasteiger partial charge in [0.15, 0.2) is 0 Å². The Morgan fingerprint density at radius 2 is 2.44 bits per heavy atom. The van der Waals surface area contributed by atoms with Crippen molar-refractivity contribution in [2.45, 2.75) is 13.0 Å². The highest BCUT2D eigenvalue weighted by Gasteiger charge is 2.10. The molecule has 1 rings (SSSR count). The minimum atomic E-state index is -0.955. The highest BCUT2D eigenvalue weighted by molar-refractivity contribution is 5.68. The first kappa shape index (κ1) is 13.7. The number of carbonyl (C=O) groups is 1. The van der Waals surface area contributed by atoms with E-state index in [9.17, 15) is 4.79 Å². The Hall–Kier alpha value is -2.33. The smallest absolute Gasteiger partial charge is 0.391 e.